The maximum atomic E-state index is 13.3. The van der Waals surface area contributed by atoms with Crippen molar-refractivity contribution in [2.75, 3.05) is 24.5 Å². The van der Waals surface area contributed by atoms with Crippen LogP contribution in [0.4, 0.5) is 5.82 Å². The predicted molar refractivity (Wildman–Crippen MR) is 122 cm³/mol. The number of anilines is 1. The molecular formula is C24H28N4OS. The molecule has 5 nitrogen and oxygen atoms in total. The highest BCUT2D eigenvalue weighted by Gasteiger charge is 2.34. The minimum absolute atomic E-state index is 0.209. The number of aromatic nitrogens is 2. The van der Waals surface area contributed by atoms with Gasteiger partial charge in [-0.15, -0.1) is 11.3 Å². The van der Waals surface area contributed by atoms with E-state index in [4.69, 9.17) is 0 Å². The lowest BCUT2D eigenvalue weighted by Crippen LogP contribution is -2.48. The first-order valence-electron chi connectivity index (χ1n) is 11.1. The maximum absolute atomic E-state index is 13.3. The van der Waals surface area contributed by atoms with E-state index in [0.717, 1.165) is 66.9 Å². The van der Waals surface area contributed by atoms with Gasteiger partial charge in [-0.2, -0.15) is 0 Å². The lowest BCUT2D eigenvalue weighted by atomic mass is 9.85. The third kappa shape index (κ3) is 3.81. The summed E-state index contributed by atoms with van der Waals surface area (Å²) in [6, 6.07) is 12.3. The van der Waals surface area contributed by atoms with Crippen LogP contribution in [0.3, 0.4) is 0 Å². The summed E-state index contributed by atoms with van der Waals surface area (Å²) in [5.41, 5.74) is 0.822. The average molecular weight is 421 g/mol. The molecule has 2 aliphatic rings. The zero-order valence-corrected chi connectivity index (χ0v) is 18.1. The van der Waals surface area contributed by atoms with Gasteiger partial charge in [0.25, 0.3) is 5.91 Å². The number of carbonyl (C=O) groups is 1. The summed E-state index contributed by atoms with van der Waals surface area (Å²) in [6.45, 7) is 2.88. The smallest absolute Gasteiger partial charge is 0.254 e. The molecule has 156 valence electrons. The molecule has 0 N–H and O–H groups in total. The molecule has 2 aliphatic heterocycles. The van der Waals surface area contributed by atoms with E-state index in [0.29, 0.717) is 12.0 Å². The second kappa shape index (κ2) is 8.72. The fraction of sp³-hybridized carbons (Fsp3) is 0.458. The summed E-state index contributed by atoms with van der Waals surface area (Å²) in [7, 11) is 0. The van der Waals surface area contributed by atoms with Crippen LogP contribution >= 0.6 is 11.3 Å². The predicted octanol–water partition coefficient (Wildman–Crippen LogP) is 4.99. The molecule has 0 radical (unpaired) electrons. The maximum Gasteiger partial charge on any atom is 0.254 e. The largest absolute Gasteiger partial charge is 0.356 e. The van der Waals surface area contributed by atoms with Crippen molar-refractivity contribution in [3.63, 3.8) is 0 Å². The SMILES string of the molecule is O=C(c1ccccc1)N1CCCCC[C@@H]1C1CCN(c2ncnc3sccc23)CC1. The van der Waals surface area contributed by atoms with Gasteiger partial charge in [-0.3, -0.25) is 4.79 Å². The molecule has 6 heteroatoms. The van der Waals surface area contributed by atoms with Crippen LogP contribution in [-0.2, 0) is 0 Å². The number of fused-ring (bicyclic) bond motifs is 1. The van der Waals surface area contributed by atoms with Crippen molar-refractivity contribution in [2.24, 2.45) is 5.92 Å². The van der Waals surface area contributed by atoms with Crippen LogP contribution in [0.25, 0.3) is 10.2 Å². The standard InChI is InChI=1S/C24H28N4OS/c29-24(19-7-3-1-4-8-19)28-13-6-2-5-9-21(28)18-10-14-27(15-11-18)22-20-12-16-30-23(20)26-17-25-22/h1,3-4,7-8,12,16-18,21H,2,5-6,9-11,13-15H2/t21-/m1/s1. The van der Waals surface area contributed by atoms with Gasteiger partial charge in [0.15, 0.2) is 0 Å². The van der Waals surface area contributed by atoms with E-state index in [1.165, 1.54) is 12.8 Å². The summed E-state index contributed by atoms with van der Waals surface area (Å²) >= 11 is 1.67. The Morgan fingerprint density at radius 3 is 2.60 bits per heavy atom. The third-order valence-electron chi connectivity index (χ3n) is 6.70. The van der Waals surface area contributed by atoms with Crippen molar-refractivity contribution in [1.29, 1.82) is 0 Å². The molecule has 0 aliphatic carbocycles. The van der Waals surface area contributed by atoms with Crippen LogP contribution in [0.2, 0.25) is 0 Å². The number of carbonyl (C=O) groups excluding carboxylic acids is 1. The first kappa shape index (κ1) is 19.5. The Kier molecular flexibility index (Phi) is 5.67. The molecule has 0 bridgehead atoms. The molecule has 2 fully saturated rings. The molecular weight excluding hydrogens is 392 g/mol. The van der Waals surface area contributed by atoms with Crippen LogP contribution in [0.5, 0.6) is 0 Å². The molecule has 4 heterocycles. The number of rotatable bonds is 3. The number of hydrogen-bond acceptors (Lipinski definition) is 5. The van der Waals surface area contributed by atoms with E-state index in [9.17, 15) is 4.79 Å². The first-order chi connectivity index (χ1) is 14.8. The van der Waals surface area contributed by atoms with Gasteiger partial charge >= 0.3 is 0 Å². The fourth-order valence-electron chi connectivity index (χ4n) is 5.15. The molecule has 0 spiro atoms. The van der Waals surface area contributed by atoms with Crippen LogP contribution in [0, 0.1) is 5.92 Å². The molecule has 3 aromatic rings. The number of thiophene rings is 1. The Hall–Kier alpha value is -2.47. The summed E-state index contributed by atoms with van der Waals surface area (Å²) < 4.78 is 0. The number of piperidine rings is 1. The molecule has 2 saturated heterocycles. The molecule has 0 saturated carbocycles. The van der Waals surface area contributed by atoms with Gasteiger partial charge in [0.2, 0.25) is 0 Å². The summed E-state index contributed by atoms with van der Waals surface area (Å²) in [5.74, 6) is 1.84. The Morgan fingerprint density at radius 2 is 1.77 bits per heavy atom. The quantitative estimate of drug-likeness (QED) is 0.599. The zero-order valence-electron chi connectivity index (χ0n) is 17.2. The molecule has 5 rings (SSSR count). The monoisotopic (exact) mass is 420 g/mol. The van der Waals surface area contributed by atoms with Gasteiger partial charge < -0.3 is 9.80 Å². The normalized spacial score (nSPS) is 21.0. The molecule has 0 unspecified atom stereocenters. The van der Waals surface area contributed by atoms with E-state index in [1.807, 2.05) is 30.3 Å². The van der Waals surface area contributed by atoms with Crippen LogP contribution in [0.15, 0.2) is 48.1 Å². The summed E-state index contributed by atoms with van der Waals surface area (Å²) in [5, 5.41) is 3.25. The molecule has 30 heavy (non-hydrogen) atoms. The van der Waals surface area contributed by atoms with E-state index < -0.39 is 0 Å². The van der Waals surface area contributed by atoms with E-state index in [1.54, 1.807) is 17.7 Å². The van der Waals surface area contributed by atoms with Crippen molar-refractivity contribution in [1.82, 2.24) is 14.9 Å². The molecule has 2 aromatic heterocycles. The highest BCUT2D eigenvalue weighted by molar-refractivity contribution is 7.16. The van der Waals surface area contributed by atoms with Crippen molar-refractivity contribution in [3.05, 3.63) is 53.7 Å². The van der Waals surface area contributed by atoms with Crippen LogP contribution < -0.4 is 4.90 Å². The topological polar surface area (TPSA) is 49.3 Å². The lowest BCUT2D eigenvalue weighted by Gasteiger charge is -2.41. The van der Waals surface area contributed by atoms with Crippen molar-refractivity contribution in [2.45, 2.75) is 44.6 Å². The van der Waals surface area contributed by atoms with Crippen molar-refractivity contribution >= 4 is 33.3 Å². The summed E-state index contributed by atoms with van der Waals surface area (Å²) in [6.07, 6.45) is 8.61. The number of amides is 1. The lowest BCUT2D eigenvalue weighted by molar-refractivity contribution is 0.0588. The highest BCUT2D eigenvalue weighted by atomic mass is 32.1. The molecule has 1 amide bonds. The second-order valence-corrected chi connectivity index (χ2v) is 9.34. The number of nitrogens with zero attached hydrogens (tertiary/aromatic N) is 4. The molecule has 1 aromatic carbocycles. The van der Waals surface area contributed by atoms with Gasteiger partial charge in [-0.1, -0.05) is 31.0 Å². The Morgan fingerprint density at radius 1 is 0.933 bits per heavy atom. The van der Waals surface area contributed by atoms with Gasteiger partial charge in [0, 0.05) is 31.2 Å². The van der Waals surface area contributed by atoms with Crippen molar-refractivity contribution in [3.8, 4) is 0 Å². The van der Waals surface area contributed by atoms with Gasteiger partial charge in [-0.05, 0) is 55.2 Å². The first-order valence-corrected chi connectivity index (χ1v) is 12.0. The zero-order chi connectivity index (χ0) is 20.3. The number of hydrogen-bond donors (Lipinski definition) is 0. The minimum Gasteiger partial charge on any atom is -0.356 e. The fourth-order valence-corrected chi connectivity index (χ4v) is 5.88. The second-order valence-electron chi connectivity index (χ2n) is 8.44. The minimum atomic E-state index is 0.209. The average Bonchev–Trinajstić information content (AvgIpc) is 3.16. The van der Waals surface area contributed by atoms with Gasteiger partial charge in [0.05, 0.1) is 5.39 Å². The van der Waals surface area contributed by atoms with Crippen molar-refractivity contribution < 1.29 is 4.79 Å². The summed E-state index contributed by atoms with van der Waals surface area (Å²) in [4.78, 5) is 28.0. The van der Waals surface area contributed by atoms with Crippen LogP contribution in [-0.4, -0.2) is 46.5 Å². The Labute approximate surface area is 181 Å². The number of likely N-dealkylation sites (tertiary alicyclic amines) is 1. The Bertz CT molecular complexity index is 997. The van der Waals surface area contributed by atoms with E-state index >= 15 is 0 Å². The van der Waals surface area contributed by atoms with E-state index in [-0.39, 0.29) is 5.91 Å². The van der Waals surface area contributed by atoms with Gasteiger partial charge in [-0.25, -0.2) is 9.97 Å². The van der Waals surface area contributed by atoms with E-state index in [2.05, 4.69) is 31.2 Å². The van der Waals surface area contributed by atoms with Crippen LogP contribution in [0.1, 0.15) is 48.9 Å². The Balaban J connectivity index is 1.32. The third-order valence-corrected chi connectivity index (χ3v) is 7.53. The highest BCUT2D eigenvalue weighted by Crippen LogP contribution is 2.34. The van der Waals surface area contributed by atoms with Gasteiger partial charge in [0.1, 0.15) is 17.0 Å². The molecule has 1 atom stereocenters. The number of benzene rings is 1.